The van der Waals surface area contributed by atoms with Gasteiger partial charge in [0.25, 0.3) is 11.8 Å². The number of rotatable bonds is 4. The predicted molar refractivity (Wildman–Crippen MR) is 133 cm³/mol. The van der Waals surface area contributed by atoms with E-state index in [2.05, 4.69) is 26.2 Å². The normalized spacial score (nSPS) is 20.9. The maximum absolute atomic E-state index is 13.1. The van der Waals surface area contributed by atoms with Crippen molar-refractivity contribution >= 4 is 51.0 Å². The van der Waals surface area contributed by atoms with Crippen molar-refractivity contribution in [3.63, 3.8) is 0 Å². The topological polar surface area (TPSA) is 116 Å². The molecule has 6 rings (SSSR count). The third-order valence-corrected chi connectivity index (χ3v) is 7.81. The van der Waals surface area contributed by atoms with Crippen LogP contribution in [0.25, 0.3) is 10.2 Å². The molecule has 4 amide bonds. The average Bonchev–Trinajstić information content (AvgIpc) is 3.42. The average molecular weight is 505 g/mol. The van der Waals surface area contributed by atoms with Gasteiger partial charge in [-0.25, -0.2) is 9.97 Å². The molecule has 0 aliphatic carbocycles. The second-order valence-electron chi connectivity index (χ2n) is 9.32. The van der Waals surface area contributed by atoms with Crippen molar-refractivity contribution in [2.75, 3.05) is 31.1 Å². The number of aromatic nitrogens is 2. The van der Waals surface area contributed by atoms with E-state index in [0.29, 0.717) is 17.7 Å². The molecule has 1 aromatic carbocycles. The van der Waals surface area contributed by atoms with Crippen molar-refractivity contribution in [2.45, 2.75) is 32.4 Å². The van der Waals surface area contributed by atoms with Crippen LogP contribution < -0.4 is 10.2 Å². The van der Waals surface area contributed by atoms with Crippen LogP contribution in [0.4, 0.5) is 5.82 Å². The first-order valence-electron chi connectivity index (χ1n) is 11.9. The summed E-state index contributed by atoms with van der Waals surface area (Å²) in [5.74, 6) is -0.193. The van der Waals surface area contributed by atoms with Crippen molar-refractivity contribution in [3.05, 3.63) is 52.2 Å². The number of hydrogen-bond acceptors (Lipinski definition) is 9. The van der Waals surface area contributed by atoms with Crippen LogP contribution in [0, 0.1) is 6.92 Å². The number of imide groups is 2. The molecule has 1 N–H and O–H groups in total. The molecule has 2 saturated heterocycles. The van der Waals surface area contributed by atoms with Crippen LogP contribution in [-0.4, -0.2) is 75.6 Å². The monoisotopic (exact) mass is 504 g/mol. The molecule has 184 valence electrons. The molecule has 1 atom stereocenters. The van der Waals surface area contributed by atoms with Crippen LogP contribution >= 0.6 is 11.3 Å². The van der Waals surface area contributed by atoms with E-state index in [1.165, 1.54) is 0 Å². The molecule has 2 aromatic heterocycles. The number of carbonyl (C=O) groups excluding carboxylic acids is 4. The Labute approximate surface area is 210 Å². The lowest BCUT2D eigenvalue weighted by Crippen LogP contribution is -2.54. The quantitative estimate of drug-likeness (QED) is 0.534. The van der Waals surface area contributed by atoms with Gasteiger partial charge in [0.1, 0.15) is 22.5 Å². The molecule has 5 heterocycles. The van der Waals surface area contributed by atoms with E-state index >= 15 is 0 Å². The summed E-state index contributed by atoms with van der Waals surface area (Å²) in [5, 5.41) is 5.35. The highest BCUT2D eigenvalue weighted by atomic mass is 32.1. The number of piperidine rings is 1. The van der Waals surface area contributed by atoms with Gasteiger partial charge in [-0.15, -0.1) is 11.3 Å². The van der Waals surface area contributed by atoms with E-state index in [1.54, 1.807) is 23.5 Å². The van der Waals surface area contributed by atoms with Gasteiger partial charge in [0.2, 0.25) is 11.8 Å². The first-order chi connectivity index (χ1) is 17.4. The van der Waals surface area contributed by atoms with Gasteiger partial charge in [-0.2, -0.15) is 0 Å². The Bertz CT molecular complexity index is 1430. The first-order valence-corrected chi connectivity index (χ1v) is 12.8. The van der Waals surface area contributed by atoms with E-state index in [1.807, 2.05) is 18.4 Å². The molecule has 10 nitrogen and oxygen atoms in total. The number of amides is 4. The van der Waals surface area contributed by atoms with Gasteiger partial charge >= 0.3 is 0 Å². The minimum absolute atomic E-state index is 0.105. The zero-order chi connectivity index (χ0) is 25.0. The molecule has 2 fully saturated rings. The lowest BCUT2D eigenvalue weighted by molar-refractivity contribution is -0.136. The zero-order valence-corrected chi connectivity index (χ0v) is 20.5. The number of anilines is 1. The van der Waals surface area contributed by atoms with E-state index in [0.717, 1.165) is 58.5 Å². The molecule has 36 heavy (non-hydrogen) atoms. The molecule has 0 radical (unpaired) electrons. The highest BCUT2D eigenvalue weighted by Gasteiger charge is 2.44. The van der Waals surface area contributed by atoms with Gasteiger partial charge in [-0.1, -0.05) is 6.07 Å². The summed E-state index contributed by atoms with van der Waals surface area (Å²) in [4.78, 5) is 65.6. The Morgan fingerprint density at radius 3 is 2.56 bits per heavy atom. The Morgan fingerprint density at radius 1 is 1.00 bits per heavy atom. The maximum Gasteiger partial charge on any atom is 0.262 e. The second kappa shape index (κ2) is 8.75. The first kappa shape index (κ1) is 22.7. The van der Waals surface area contributed by atoms with Crippen LogP contribution in [0.5, 0.6) is 0 Å². The number of fused-ring (bicyclic) bond motifs is 2. The summed E-state index contributed by atoms with van der Waals surface area (Å²) in [7, 11) is 0. The Hall–Kier alpha value is -3.70. The van der Waals surface area contributed by atoms with Gasteiger partial charge in [-0.05, 0) is 42.5 Å². The van der Waals surface area contributed by atoms with Crippen LogP contribution in [0.3, 0.4) is 0 Å². The fourth-order valence-electron chi connectivity index (χ4n) is 5.18. The number of aryl methyl sites for hydroxylation is 1. The highest BCUT2D eigenvalue weighted by molar-refractivity contribution is 7.16. The van der Waals surface area contributed by atoms with Crippen LogP contribution in [-0.2, 0) is 16.1 Å². The number of benzene rings is 1. The number of nitrogens with one attached hydrogen (secondary N) is 1. The van der Waals surface area contributed by atoms with Crippen LogP contribution in [0.1, 0.15) is 44.9 Å². The van der Waals surface area contributed by atoms with Crippen molar-refractivity contribution in [1.82, 2.24) is 25.1 Å². The van der Waals surface area contributed by atoms with Gasteiger partial charge in [0.15, 0.2) is 0 Å². The minimum atomic E-state index is -0.952. The van der Waals surface area contributed by atoms with E-state index in [4.69, 9.17) is 4.98 Å². The fourth-order valence-corrected chi connectivity index (χ4v) is 5.98. The van der Waals surface area contributed by atoms with Crippen molar-refractivity contribution in [3.8, 4) is 0 Å². The molecule has 0 bridgehead atoms. The Balaban J connectivity index is 1.14. The summed E-state index contributed by atoms with van der Waals surface area (Å²) < 4.78 is 0. The maximum atomic E-state index is 13.1. The van der Waals surface area contributed by atoms with Gasteiger partial charge in [0.05, 0.1) is 16.5 Å². The molecule has 1 unspecified atom stereocenters. The van der Waals surface area contributed by atoms with Gasteiger partial charge in [0, 0.05) is 39.1 Å². The summed E-state index contributed by atoms with van der Waals surface area (Å²) >= 11 is 1.62. The highest BCUT2D eigenvalue weighted by Crippen LogP contribution is 2.30. The lowest BCUT2D eigenvalue weighted by Gasteiger charge is -2.35. The molecule has 3 aliphatic heterocycles. The number of carbonyl (C=O) groups is 4. The zero-order valence-electron chi connectivity index (χ0n) is 19.7. The summed E-state index contributed by atoms with van der Waals surface area (Å²) in [6.45, 7) is 5.89. The van der Waals surface area contributed by atoms with Crippen molar-refractivity contribution in [1.29, 1.82) is 0 Å². The predicted octanol–water partition coefficient (Wildman–Crippen LogP) is 1.72. The van der Waals surface area contributed by atoms with Gasteiger partial charge in [-0.3, -0.25) is 34.3 Å². The number of hydrogen-bond donors (Lipinski definition) is 1. The van der Waals surface area contributed by atoms with E-state index < -0.39 is 23.8 Å². The smallest absolute Gasteiger partial charge is 0.262 e. The number of thiophene rings is 1. The largest absolute Gasteiger partial charge is 0.353 e. The molecule has 3 aliphatic rings. The molecular formula is C25H24N6O4S. The van der Waals surface area contributed by atoms with Gasteiger partial charge < -0.3 is 4.90 Å². The molecule has 0 saturated carbocycles. The molecule has 3 aromatic rings. The van der Waals surface area contributed by atoms with E-state index in [-0.39, 0.29) is 18.7 Å². The second-order valence-corrected chi connectivity index (χ2v) is 10.2. The van der Waals surface area contributed by atoms with Crippen LogP contribution in [0.15, 0.2) is 29.6 Å². The lowest BCUT2D eigenvalue weighted by atomic mass is 10.0. The van der Waals surface area contributed by atoms with Crippen molar-refractivity contribution in [2.24, 2.45) is 0 Å². The van der Waals surface area contributed by atoms with Crippen molar-refractivity contribution < 1.29 is 19.2 Å². The third-order valence-electron chi connectivity index (χ3n) is 7.00. The minimum Gasteiger partial charge on any atom is -0.353 e. The summed E-state index contributed by atoms with van der Waals surface area (Å²) in [6.07, 6.45) is 0.254. The number of piperazine rings is 1. The summed E-state index contributed by atoms with van der Waals surface area (Å²) in [6, 6.07) is 6.42. The van der Waals surface area contributed by atoms with Crippen LogP contribution in [0.2, 0.25) is 0 Å². The Morgan fingerprint density at radius 2 is 1.78 bits per heavy atom. The van der Waals surface area contributed by atoms with E-state index in [9.17, 15) is 19.2 Å². The summed E-state index contributed by atoms with van der Waals surface area (Å²) in [5.41, 5.74) is 1.56. The SMILES string of the molecule is Cc1nc(N2CCN(Cc3ccc4c(c3)C(=O)N(C3CCC(=O)NC3=O)C4=O)CC2)c2ccsc2n1. The Kier molecular flexibility index (Phi) is 5.53. The fraction of sp³-hybridized carbons (Fsp3) is 0.360. The molecule has 11 heteroatoms. The molecular weight excluding hydrogens is 480 g/mol. The third kappa shape index (κ3) is 3.84. The molecule has 0 spiro atoms. The standard InChI is InChI=1S/C25H24N6O4S/c1-14-26-21(17-6-11-36-23(17)27-14)30-9-7-29(8-10-30)13-15-2-3-16-18(12-15)25(35)31(24(16)34)19-4-5-20(32)28-22(19)33/h2-3,6,11-12,19H,4-5,7-10,13H2,1H3,(H,28,32,33). The number of nitrogens with zero attached hydrogens (tertiary/aromatic N) is 5.